The third-order valence-corrected chi connectivity index (χ3v) is 4.30. The van der Waals surface area contributed by atoms with Crippen LogP contribution in [0.3, 0.4) is 0 Å². The van der Waals surface area contributed by atoms with Gasteiger partial charge in [-0.05, 0) is 12.1 Å². The molecule has 0 saturated carbocycles. The van der Waals surface area contributed by atoms with E-state index in [0.29, 0.717) is 11.5 Å². The van der Waals surface area contributed by atoms with Crippen molar-refractivity contribution in [1.29, 1.82) is 0 Å². The van der Waals surface area contributed by atoms with Crippen LogP contribution in [0.4, 0.5) is 5.69 Å². The minimum Gasteiger partial charge on any atom is -0.386 e. The summed E-state index contributed by atoms with van der Waals surface area (Å²) >= 11 is 0. The summed E-state index contributed by atoms with van der Waals surface area (Å²) in [7, 11) is -0.576. The maximum absolute atomic E-state index is 12.4. The number of aromatic amines is 1. The molecule has 0 radical (unpaired) electrons. The highest BCUT2D eigenvalue weighted by Crippen LogP contribution is 2.21. The second kappa shape index (κ2) is 5.33. The van der Waals surface area contributed by atoms with Crippen molar-refractivity contribution in [3.05, 3.63) is 30.5 Å². The third-order valence-electron chi connectivity index (χ3n) is 2.53. The van der Waals surface area contributed by atoms with E-state index < -0.39 is 10.0 Å². The van der Waals surface area contributed by atoms with Gasteiger partial charge in [-0.3, -0.25) is 5.10 Å². The van der Waals surface area contributed by atoms with Gasteiger partial charge in [-0.25, -0.2) is 18.4 Å². The van der Waals surface area contributed by atoms with E-state index in [1.54, 1.807) is 19.2 Å². The van der Waals surface area contributed by atoms with Gasteiger partial charge in [0.15, 0.2) is 5.03 Å². The van der Waals surface area contributed by atoms with E-state index in [-0.39, 0.29) is 11.6 Å². The number of aromatic nitrogens is 4. The van der Waals surface area contributed by atoms with E-state index in [0.717, 1.165) is 4.31 Å². The second-order valence-electron chi connectivity index (χ2n) is 3.80. The molecule has 0 aliphatic rings. The number of hydrogen-bond donors (Lipinski definition) is 2. The summed E-state index contributed by atoms with van der Waals surface area (Å²) in [4.78, 5) is 7.83. The van der Waals surface area contributed by atoms with Crippen LogP contribution in [0.5, 0.6) is 0 Å². The molecule has 0 aliphatic heterocycles. The Labute approximate surface area is 110 Å². The minimum atomic E-state index is -3.69. The van der Waals surface area contributed by atoms with E-state index in [9.17, 15) is 8.42 Å². The number of pyridine rings is 1. The summed E-state index contributed by atoms with van der Waals surface area (Å²) in [6.45, 7) is 0.0993. The fourth-order valence-corrected chi connectivity index (χ4v) is 2.77. The van der Waals surface area contributed by atoms with Crippen LogP contribution in [0.15, 0.2) is 29.7 Å². The van der Waals surface area contributed by atoms with E-state index in [2.05, 4.69) is 25.5 Å². The van der Waals surface area contributed by atoms with Gasteiger partial charge < -0.3 is 5.32 Å². The molecule has 9 heteroatoms. The normalized spacial score (nSPS) is 11.7. The molecule has 0 aromatic carbocycles. The lowest BCUT2D eigenvalue weighted by Crippen LogP contribution is -2.28. The van der Waals surface area contributed by atoms with Gasteiger partial charge in [0.25, 0.3) is 10.0 Å². The van der Waals surface area contributed by atoms with Gasteiger partial charge in [0.1, 0.15) is 12.2 Å². The molecule has 0 spiro atoms. The third kappa shape index (κ3) is 2.71. The fourth-order valence-electron chi connectivity index (χ4n) is 1.54. The van der Waals surface area contributed by atoms with Crippen molar-refractivity contribution in [1.82, 2.24) is 24.5 Å². The maximum atomic E-state index is 12.4. The molecule has 2 heterocycles. The molecule has 19 heavy (non-hydrogen) atoms. The number of anilines is 1. The summed E-state index contributed by atoms with van der Waals surface area (Å²) in [5, 5.41) is 9.09. The first-order chi connectivity index (χ1) is 9.05. The van der Waals surface area contributed by atoms with Crippen LogP contribution in [0, 0.1) is 0 Å². The summed E-state index contributed by atoms with van der Waals surface area (Å²) in [5.74, 6) is 0.466. The summed E-state index contributed by atoms with van der Waals surface area (Å²) < 4.78 is 26.0. The van der Waals surface area contributed by atoms with Gasteiger partial charge in [0.05, 0.1) is 12.2 Å². The number of hydrogen-bond acceptors (Lipinski definition) is 6. The van der Waals surface area contributed by atoms with E-state index >= 15 is 0 Å². The number of rotatable bonds is 5. The average molecular weight is 282 g/mol. The number of H-pyrrole nitrogens is 1. The zero-order valence-corrected chi connectivity index (χ0v) is 11.3. The molecule has 0 unspecified atom stereocenters. The van der Waals surface area contributed by atoms with Gasteiger partial charge in [-0.2, -0.15) is 9.40 Å². The Morgan fingerprint density at radius 1 is 1.42 bits per heavy atom. The smallest absolute Gasteiger partial charge is 0.262 e. The summed E-state index contributed by atoms with van der Waals surface area (Å²) in [5.41, 5.74) is 0.451. The molecule has 8 nitrogen and oxygen atoms in total. The van der Waals surface area contributed by atoms with Crippen molar-refractivity contribution >= 4 is 15.7 Å². The van der Waals surface area contributed by atoms with E-state index in [1.165, 1.54) is 19.6 Å². The summed E-state index contributed by atoms with van der Waals surface area (Å²) in [6, 6.07) is 3.32. The van der Waals surface area contributed by atoms with Gasteiger partial charge >= 0.3 is 0 Å². The van der Waals surface area contributed by atoms with Crippen molar-refractivity contribution in [3.8, 4) is 0 Å². The van der Waals surface area contributed by atoms with Crippen molar-refractivity contribution in [2.45, 2.75) is 11.6 Å². The number of nitrogens with zero attached hydrogens (tertiary/aromatic N) is 4. The Balaban J connectivity index is 2.31. The van der Waals surface area contributed by atoms with Crippen molar-refractivity contribution in [2.75, 3.05) is 19.4 Å². The predicted octanol–water partition coefficient (Wildman–Crippen LogP) is 0.0621. The Morgan fingerprint density at radius 3 is 2.84 bits per heavy atom. The largest absolute Gasteiger partial charge is 0.386 e. The molecule has 2 aromatic rings. The van der Waals surface area contributed by atoms with Crippen LogP contribution >= 0.6 is 0 Å². The lowest BCUT2D eigenvalue weighted by Gasteiger charge is -2.16. The molecule has 0 bridgehead atoms. The molecule has 0 atom stereocenters. The lowest BCUT2D eigenvalue weighted by molar-refractivity contribution is 0.455. The molecule has 2 rings (SSSR count). The van der Waals surface area contributed by atoms with Gasteiger partial charge in [-0.15, -0.1) is 0 Å². The first-order valence-electron chi connectivity index (χ1n) is 5.49. The topological polar surface area (TPSA) is 104 Å². The van der Waals surface area contributed by atoms with Crippen molar-refractivity contribution in [2.24, 2.45) is 0 Å². The molecule has 0 fully saturated rings. The van der Waals surface area contributed by atoms with Crippen LogP contribution in [-0.4, -0.2) is 47.0 Å². The molecule has 102 valence electrons. The standard InChI is InChI=1S/C10H14N6O2S/c1-11-8-4-3-5-12-10(8)19(17,18)16(2)6-9-13-7-14-15-9/h3-5,7,11H,6H2,1-2H3,(H,13,14,15). The van der Waals surface area contributed by atoms with Crippen LogP contribution in [-0.2, 0) is 16.6 Å². The molecule has 0 saturated heterocycles. The maximum Gasteiger partial charge on any atom is 0.262 e. The molecule has 0 aliphatic carbocycles. The molecular formula is C10H14N6O2S. The fraction of sp³-hybridized carbons (Fsp3) is 0.300. The quantitative estimate of drug-likeness (QED) is 0.803. The average Bonchev–Trinajstić information content (AvgIpc) is 2.91. The molecule has 0 amide bonds. The van der Waals surface area contributed by atoms with Crippen LogP contribution in [0.25, 0.3) is 0 Å². The highest BCUT2D eigenvalue weighted by atomic mass is 32.2. The zero-order chi connectivity index (χ0) is 13.9. The SMILES string of the molecule is CNc1cccnc1S(=O)(=O)N(C)Cc1ncn[nH]1. The van der Waals surface area contributed by atoms with Crippen molar-refractivity contribution < 1.29 is 8.42 Å². The monoisotopic (exact) mass is 282 g/mol. The molecule has 2 aromatic heterocycles. The predicted molar refractivity (Wildman–Crippen MR) is 68.8 cm³/mol. The lowest BCUT2D eigenvalue weighted by atomic mass is 10.4. The highest BCUT2D eigenvalue weighted by molar-refractivity contribution is 7.89. The van der Waals surface area contributed by atoms with Gasteiger partial charge in [0.2, 0.25) is 0 Å². The van der Waals surface area contributed by atoms with Crippen LogP contribution < -0.4 is 5.32 Å². The minimum absolute atomic E-state index is 0.0143. The van der Waals surface area contributed by atoms with E-state index in [4.69, 9.17) is 0 Å². The Morgan fingerprint density at radius 2 is 2.21 bits per heavy atom. The van der Waals surface area contributed by atoms with E-state index in [1.807, 2.05) is 0 Å². The first-order valence-corrected chi connectivity index (χ1v) is 6.93. The Hall–Kier alpha value is -2.00. The number of sulfonamides is 1. The van der Waals surface area contributed by atoms with Gasteiger partial charge in [-0.1, -0.05) is 0 Å². The summed E-state index contributed by atoms with van der Waals surface area (Å²) in [6.07, 6.45) is 2.77. The Kier molecular flexibility index (Phi) is 3.76. The highest BCUT2D eigenvalue weighted by Gasteiger charge is 2.25. The van der Waals surface area contributed by atoms with Gasteiger partial charge in [0, 0.05) is 20.3 Å². The van der Waals surface area contributed by atoms with Crippen molar-refractivity contribution in [3.63, 3.8) is 0 Å². The zero-order valence-electron chi connectivity index (χ0n) is 10.5. The Bertz CT molecular complexity index is 640. The molecule has 2 N–H and O–H groups in total. The van der Waals surface area contributed by atoms with Crippen LogP contribution in [0.1, 0.15) is 5.82 Å². The first kappa shape index (κ1) is 13.4. The number of nitrogens with one attached hydrogen (secondary N) is 2. The second-order valence-corrected chi connectivity index (χ2v) is 5.76. The molecular weight excluding hydrogens is 268 g/mol. The van der Waals surface area contributed by atoms with Crippen LogP contribution in [0.2, 0.25) is 0 Å².